The number of aromatic hydroxyl groups is 1. The summed E-state index contributed by atoms with van der Waals surface area (Å²) in [5.41, 5.74) is 4.45. The Balaban J connectivity index is 1.70. The number of phenols is 1. The van der Waals surface area contributed by atoms with E-state index in [0.717, 1.165) is 54.3 Å². The first-order valence-corrected chi connectivity index (χ1v) is 11.2. The highest BCUT2D eigenvalue weighted by Gasteiger charge is 2.23. The van der Waals surface area contributed by atoms with Crippen LogP contribution in [0.4, 0.5) is 0 Å². The van der Waals surface area contributed by atoms with E-state index in [-0.39, 0.29) is 17.1 Å². The molecule has 0 spiro atoms. The van der Waals surface area contributed by atoms with E-state index >= 15 is 0 Å². The normalized spacial score (nSPS) is 11.6. The third-order valence-electron chi connectivity index (χ3n) is 5.40. The standard InChI is InChI=1S/C26H33N3O3/c1-18(2)25(31)32-15-11-7-6-8-12-19-16-20(26(3,4)5)24(30)23(17-19)29-27-21-13-9-10-14-22(21)28-29/h9-10,13-14,16-17,30H,1,6-8,11-12,15H2,2-5H3. The number of esters is 1. The van der Waals surface area contributed by atoms with Gasteiger partial charge in [-0.3, -0.25) is 0 Å². The van der Waals surface area contributed by atoms with Crippen LogP contribution in [0.3, 0.4) is 0 Å². The largest absolute Gasteiger partial charge is 0.505 e. The summed E-state index contributed by atoms with van der Waals surface area (Å²) in [5.74, 6) is -0.0999. The molecule has 0 atom stereocenters. The van der Waals surface area contributed by atoms with E-state index < -0.39 is 0 Å². The Morgan fingerprint density at radius 2 is 1.69 bits per heavy atom. The number of benzene rings is 2. The van der Waals surface area contributed by atoms with Crippen molar-refractivity contribution in [2.24, 2.45) is 0 Å². The van der Waals surface area contributed by atoms with Gasteiger partial charge >= 0.3 is 5.97 Å². The second-order valence-corrected chi connectivity index (χ2v) is 9.32. The molecule has 0 aliphatic carbocycles. The third-order valence-corrected chi connectivity index (χ3v) is 5.40. The van der Waals surface area contributed by atoms with Gasteiger partial charge in [0.1, 0.15) is 22.5 Å². The van der Waals surface area contributed by atoms with Crippen molar-refractivity contribution in [1.82, 2.24) is 15.0 Å². The van der Waals surface area contributed by atoms with Crippen molar-refractivity contribution < 1.29 is 14.6 Å². The van der Waals surface area contributed by atoms with E-state index in [2.05, 4.69) is 43.6 Å². The summed E-state index contributed by atoms with van der Waals surface area (Å²) < 4.78 is 5.14. The quantitative estimate of drug-likeness (QED) is 0.267. The van der Waals surface area contributed by atoms with Gasteiger partial charge in [-0.05, 0) is 55.4 Å². The van der Waals surface area contributed by atoms with Crippen molar-refractivity contribution in [2.45, 2.75) is 65.2 Å². The predicted octanol–water partition coefficient (Wildman–Crippen LogP) is 5.65. The van der Waals surface area contributed by atoms with E-state index in [1.807, 2.05) is 30.3 Å². The fourth-order valence-corrected chi connectivity index (χ4v) is 3.59. The van der Waals surface area contributed by atoms with Crippen molar-refractivity contribution in [3.63, 3.8) is 0 Å². The topological polar surface area (TPSA) is 77.2 Å². The van der Waals surface area contributed by atoms with Gasteiger partial charge in [0.25, 0.3) is 0 Å². The van der Waals surface area contributed by atoms with Gasteiger partial charge in [0.05, 0.1) is 6.61 Å². The number of phenolic OH excluding ortho intramolecular Hbond substituents is 1. The Kier molecular flexibility index (Phi) is 7.33. The fraction of sp³-hybridized carbons (Fsp3) is 0.423. The molecular weight excluding hydrogens is 402 g/mol. The van der Waals surface area contributed by atoms with Crippen LogP contribution in [0.15, 0.2) is 48.6 Å². The van der Waals surface area contributed by atoms with Gasteiger partial charge in [-0.2, -0.15) is 0 Å². The number of hydrogen-bond donors (Lipinski definition) is 1. The molecule has 0 amide bonds. The highest BCUT2D eigenvalue weighted by molar-refractivity contribution is 5.86. The second kappa shape index (κ2) is 9.98. The molecule has 0 saturated carbocycles. The van der Waals surface area contributed by atoms with Crippen LogP contribution in [0.2, 0.25) is 0 Å². The number of aromatic nitrogens is 3. The monoisotopic (exact) mass is 435 g/mol. The lowest BCUT2D eigenvalue weighted by Gasteiger charge is -2.23. The van der Waals surface area contributed by atoms with Gasteiger partial charge in [0, 0.05) is 11.1 Å². The maximum Gasteiger partial charge on any atom is 0.333 e. The van der Waals surface area contributed by atoms with E-state index in [1.54, 1.807) is 6.92 Å². The number of unbranched alkanes of at least 4 members (excludes halogenated alkanes) is 3. The number of carbonyl (C=O) groups is 1. The SMILES string of the molecule is C=C(C)C(=O)OCCCCCCc1cc(-n2nc3ccccc3n2)c(O)c(C(C)(C)C)c1. The molecule has 0 saturated heterocycles. The molecule has 3 aromatic rings. The molecule has 32 heavy (non-hydrogen) atoms. The Labute approximate surface area is 189 Å². The van der Waals surface area contributed by atoms with Crippen LogP contribution in [0.25, 0.3) is 16.7 Å². The van der Waals surface area contributed by atoms with Gasteiger partial charge < -0.3 is 9.84 Å². The van der Waals surface area contributed by atoms with Crippen molar-refractivity contribution >= 4 is 17.0 Å². The average molecular weight is 436 g/mol. The Morgan fingerprint density at radius 3 is 2.28 bits per heavy atom. The third kappa shape index (κ3) is 5.75. The Morgan fingerprint density at radius 1 is 1.06 bits per heavy atom. The molecule has 6 nitrogen and oxygen atoms in total. The van der Waals surface area contributed by atoms with Crippen LogP contribution in [-0.4, -0.2) is 32.7 Å². The molecule has 0 radical (unpaired) electrons. The number of carbonyl (C=O) groups excluding carboxylic acids is 1. The van der Waals surface area contributed by atoms with Crippen LogP contribution in [-0.2, 0) is 21.4 Å². The maximum absolute atomic E-state index is 11.4. The molecular formula is C26H33N3O3. The summed E-state index contributed by atoms with van der Waals surface area (Å²) in [6, 6.07) is 11.8. The predicted molar refractivity (Wildman–Crippen MR) is 127 cm³/mol. The highest BCUT2D eigenvalue weighted by Crippen LogP contribution is 2.36. The number of ether oxygens (including phenoxy) is 1. The van der Waals surface area contributed by atoms with E-state index in [0.29, 0.717) is 17.9 Å². The van der Waals surface area contributed by atoms with Gasteiger partial charge in [0.2, 0.25) is 0 Å². The molecule has 2 aromatic carbocycles. The molecule has 1 aromatic heterocycles. The van der Waals surface area contributed by atoms with Crippen molar-refractivity contribution in [2.75, 3.05) is 6.61 Å². The fourth-order valence-electron chi connectivity index (χ4n) is 3.59. The molecule has 0 fully saturated rings. The number of nitrogens with zero attached hydrogens (tertiary/aromatic N) is 3. The van der Waals surface area contributed by atoms with Crippen LogP contribution < -0.4 is 0 Å². The van der Waals surface area contributed by atoms with Crippen molar-refractivity contribution in [3.05, 3.63) is 59.7 Å². The first kappa shape index (κ1) is 23.5. The van der Waals surface area contributed by atoms with Crippen LogP contribution in [0.1, 0.15) is 64.5 Å². The summed E-state index contributed by atoms with van der Waals surface area (Å²) in [6.45, 7) is 11.9. The number of fused-ring (bicyclic) bond motifs is 1. The van der Waals surface area contributed by atoms with Gasteiger partial charge in [-0.25, -0.2) is 4.79 Å². The average Bonchev–Trinajstić information content (AvgIpc) is 3.16. The Bertz CT molecular complexity index is 1080. The molecule has 1 heterocycles. The lowest BCUT2D eigenvalue weighted by atomic mass is 9.84. The zero-order valence-electron chi connectivity index (χ0n) is 19.5. The maximum atomic E-state index is 11.4. The molecule has 0 unspecified atom stereocenters. The zero-order valence-corrected chi connectivity index (χ0v) is 19.5. The molecule has 1 N–H and O–H groups in total. The zero-order chi connectivity index (χ0) is 23.3. The number of rotatable bonds is 9. The van der Waals surface area contributed by atoms with Crippen LogP contribution in [0.5, 0.6) is 5.75 Å². The van der Waals surface area contributed by atoms with Crippen molar-refractivity contribution in [1.29, 1.82) is 0 Å². The molecule has 0 aliphatic rings. The molecule has 0 bridgehead atoms. The van der Waals surface area contributed by atoms with Gasteiger partial charge in [-0.15, -0.1) is 15.0 Å². The van der Waals surface area contributed by atoms with Crippen LogP contribution >= 0.6 is 0 Å². The molecule has 0 aliphatic heterocycles. The Hall–Kier alpha value is -3.15. The highest BCUT2D eigenvalue weighted by atomic mass is 16.5. The van der Waals surface area contributed by atoms with E-state index in [9.17, 15) is 9.90 Å². The minimum Gasteiger partial charge on any atom is -0.505 e. The number of hydrogen-bond acceptors (Lipinski definition) is 5. The first-order chi connectivity index (χ1) is 15.2. The molecule has 6 heteroatoms. The minimum absolute atomic E-state index is 0.214. The second-order valence-electron chi connectivity index (χ2n) is 9.32. The van der Waals surface area contributed by atoms with E-state index in [4.69, 9.17) is 4.74 Å². The van der Waals surface area contributed by atoms with Crippen LogP contribution in [0, 0.1) is 0 Å². The lowest BCUT2D eigenvalue weighted by Crippen LogP contribution is -2.14. The molecule has 3 rings (SSSR count). The van der Waals surface area contributed by atoms with Gasteiger partial charge in [-0.1, -0.05) is 58.4 Å². The van der Waals surface area contributed by atoms with E-state index in [1.165, 1.54) is 4.80 Å². The molecule has 170 valence electrons. The number of aryl methyl sites for hydroxylation is 1. The summed E-state index contributed by atoms with van der Waals surface area (Å²) in [5, 5.41) is 20.2. The summed E-state index contributed by atoms with van der Waals surface area (Å²) >= 11 is 0. The lowest BCUT2D eigenvalue weighted by molar-refractivity contribution is -0.139. The summed E-state index contributed by atoms with van der Waals surface area (Å²) in [4.78, 5) is 12.9. The first-order valence-electron chi connectivity index (χ1n) is 11.2. The smallest absolute Gasteiger partial charge is 0.333 e. The summed E-state index contributed by atoms with van der Waals surface area (Å²) in [7, 11) is 0. The summed E-state index contributed by atoms with van der Waals surface area (Å²) in [6.07, 6.45) is 4.78. The van der Waals surface area contributed by atoms with Crippen molar-refractivity contribution in [3.8, 4) is 11.4 Å². The minimum atomic E-state index is -0.323. The van der Waals surface area contributed by atoms with Gasteiger partial charge in [0.15, 0.2) is 0 Å².